The minimum absolute atomic E-state index is 0.0991. The zero-order chi connectivity index (χ0) is 18.5. The number of hydrogen-bond acceptors (Lipinski definition) is 6. The first-order chi connectivity index (χ1) is 12.6. The van der Waals surface area contributed by atoms with Crippen molar-refractivity contribution in [2.24, 2.45) is 5.10 Å². The van der Waals surface area contributed by atoms with Crippen LogP contribution >= 0.6 is 38.9 Å². The molecule has 0 atom stereocenters. The Kier molecular flexibility index (Phi) is 6.13. The van der Waals surface area contributed by atoms with Crippen molar-refractivity contribution < 1.29 is 9.84 Å². The molecule has 0 radical (unpaired) electrons. The van der Waals surface area contributed by atoms with Crippen LogP contribution in [0.3, 0.4) is 0 Å². The molecule has 0 aliphatic heterocycles. The molecule has 8 heteroatoms. The first-order valence-corrected chi connectivity index (χ1v) is 9.79. The average molecular weight is 453 g/mol. The van der Waals surface area contributed by atoms with E-state index in [0.29, 0.717) is 27.5 Å². The van der Waals surface area contributed by atoms with Crippen LogP contribution in [-0.4, -0.2) is 22.9 Å². The molecule has 0 amide bonds. The third-order valence-corrected chi connectivity index (χ3v) is 5.61. The molecule has 1 heterocycles. The lowest BCUT2D eigenvalue weighted by molar-refractivity contribution is 0.318. The third kappa shape index (κ3) is 4.17. The molecule has 2 aromatic carbocycles. The summed E-state index contributed by atoms with van der Waals surface area (Å²) in [7, 11) is 0. The highest BCUT2D eigenvalue weighted by atomic mass is 79.9. The normalized spacial score (nSPS) is 11.0. The summed E-state index contributed by atoms with van der Waals surface area (Å²) in [6.07, 6.45) is 1.58. The van der Waals surface area contributed by atoms with Gasteiger partial charge in [0.05, 0.1) is 18.5 Å². The van der Waals surface area contributed by atoms with Gasteiger partial charge in [0.1, 0.15) is 5.02 Å². The van der Waals surface area contributed by atoms with E-state index in [4.69, 9.17) is 16.3 Å². The number of rotatable bonds is 6. The van der Waals surface area contributed by atoms with Crippen molar-refractivity contribution in [3.63, 3.8) is 0 Å². The maximum Gasteiger partial charge on any atom is 0.203 e. The Morgan fingerprint density at radius 1 is 1.38 bits per heavy atom. The Morgan fingerprint density at radius 2 is 2.15 bits per heavy atom. The van der Waals surface area contributed by atoms with Crippen LogP contribution in [0.4, 0.5) is 5.13 Å². The molecule has 0 aliphatic rings. The molecule has 26 heavy (non-hydrogen) atoms. The van der Waals surface area contributed by atoms with E-state index in [-0.39, 0.29) is 10.8 Å². The van der Waals surface area contributed by atoms with Gasteiger partial charge in [-0.2, -0.15) is 5.10 Å². The zero-order valence-corrected chi connectivity index (χ0v) is 16.9. The van der Waals surface area contributed by atoms with Crippen molar-refractivity contribution in [1.29, 1.82) is 0 Å². The lowest BCUT2D eigenvalue weighted by atomic mass is 10.2. The molecule has 3 aromatic rings. The fourth-order valence-corrected chi connectivity index (χ4v) is 3.47. The van der Waals surface area contributed by atoms with E-state index in [2.05, 4.69) is 31.4 Å². The van der Waals surface area contributed by atoms with Crippen molar-refractivity contribution in [3.8, 4) is 22.8 Å². The molecule has 134 valence electrons. The Bertz CT molecular complexity index is 932. The first kappa shape index (κ1) is 18.7. The quantitative estimate of drug-likeness (QED) is 0.368. The fourth-order valence-electron chi connectivity index (χ4n) is 2.19. The molecule has 0 spiro atoms. The molecule has 3 rings (SSSR count). The van der Waals surface area contributed by atoms with Crippen LogP contribution in [-0.2, 0) is 0 Å². The minimum atomic E-state index is -0.0991. The van der Waals surface area contributed by atoms with Crippen LogP contribution in [0.2, 0.25) is 5.02 Å². The molecular formula is C18H15BrClN3O2S. The fraction of sp³-hybridized carbons (Fsp3) is 0.111. The summed E-state index contributed by atoms with van der Waals surface area (Å²) in [4.78, 5) is 4.50. The number of halogens is 2. The molecule has 0 unspecified atom stereocenters. The first-order valence-electron chi connectivity index (χ1n) is 7.74. The van der Waals surface area contributed by atoms with Gasteiger partial charge in [0.15, 0.2) is 11.5 Å². The standard InChI is InChI=1S/C18H15BrClN3O2S/c1-2-25-14-8-12(15(19)16(20)17(14)24)9-21-23-18-22-13(10-26-18)11-6-4-3-5-7-11/h3-10,24H,2H2,1H3,(H,22,23). The number of phenols is 1. The van der Waals surface area contributed by atoms with Crippen LogP contribution in [0.1, 0.15) is 12.5 Å². The molecule has 0 fully saturated rings. The molecule has 0 bridgehead atoms. The SMILES string of the molecule is CCOc1cc(C=NNc2nc(-c3ccccc3)cs2)c(Br)c(Cl)c1O. The highest BCUT2D eigenvalue weighted by molar-refractivity contribution is 9.10. The minimum Gasteiger partial charge on any atom is -0.503 e. The number of hydrogen-bond donors (Lipinski definition) is 2. The van der Waals surface area contributed by atoms with Gasteiger partial charge >= 0.3 is 0 Å². The maximum absolute atomic E-state index is 9.99. The van der Waals surface area contributed by atoms with Crippen molar-refractivity contribution in [2.45, 2.75) is 6.92 Å². The summed E-state index contributed by atoms with van der Waals surface area (Å²) in [5.41, 5.74) is 5.52. The van der Waals surface area contributed by atoms with Gasteiger partial charge in [-0.1, -0.05) is 41.9 Å². The van der Waals surface area contributed by atoms with Crippen molar-refractivity contribution in [2.75, 3.05) is 12.0 Å². The van der Waals surface area contributed by atoms with Gasteiger partial charge in [0.2, 0.25) is 5.13 Å². The van der Waals surface area contributed by atoms with E-state index in [1.807, 2.05) is 42.6 Å². The van der Waals surface area contributed by atoms with E-state index < -0.39 is 0 Å². The highest BCUT2D eigenvalue weighted by Crippen LogP contribution is 2.41. The number of anilines is 1. The number of nitrogens with zero attached hydrogens (tertiary/aromatic N) is 2. The van der Waals surface area contributed by atoms with Gasteiger partial charge in [-0.05, 0) is 28.9 Å². The van der Waals surface area contributed by atoms with Gasteiger partial charge < -0.3 is 9.84 Å². The van der Waals surface area contributed by atoms with Gasteiger partial charge in [0.25, 0.3) is 0 Å². The van der Waals surface area contributed by atoms with Crippen LogP contribution in [0.25, 0.3) is 11.3 Å². The summed E-state index contributed by atoms with van der Waals surface area (Å²) in [6, 6.07) is 11.6. The maximum atomic E-state index is 9.99. The number of thiazole rings is 1. The molecule has 0 saturated heterocycles. The molecular weight excluding hydrogens is 438 g/mol. The number of phenolic OH excluding ortho intramolecular Hbond substituents is 1. The summed E-state index contributed by atoms with van der Waals surface area (Å²) in [5.74, 6) is 0.209. The molecule has 1 aromatic heterocycles. The highest BCUT2D eigenvalue weighted by Gasteiger charge is 2.14. The smallest absolute Gasteiger partial charge is 0.203 e. The van der Waals surface area contributed by atoms with E-state index >= 15 is 0 Å². The van der Waals surface area contributed by atoms with E-state index in [9.17, 15) is 5.11 Å². The predicted molar refractivity (Wildman–Crippen MR) is 111 cm³/mol. The second kappa shape index (κ2) is 8.53. The predicted octanol–water partition coefficient (Wildman–Crippen LogP) is 5.78. The van der Waals surface area contributed by atoms with Crippen molar-refractivity contribution >= 4 is 50.2 Å². The third-order valence-electron chi connectivity index (χ3n) is 3.41. The molecule has 0 aliphatic carbocycles. The largest absolute Gasteiger partial charge is 0.503 e. The number of aromatic nitrogens is 1. The Morgan fingerprint density at radius 3 is 2.88 bits per heavy atom. The van der Waals surface area contributed by atoms with Crippen LogP contribution < -0.4 is 10.2 Å². The average Bonchev–Trinajstić information content (AvgIpc) is 3.13. The lowest BCUT2D eigenvalue weighted by Gasteiger charge is -2.10. The molecule has 5 nitrogen and oxygen atoms in total. The Hall–Kier alpha value is -2.09. The summed E-state index contributed by atoms with van der Waals surface area (Å²) < 4.78 is 5.92. The van der Waals surface area contributed by atoms with Gasteiger partial charge in [-0.15, -0.1) is 11.3 Å². The molecule has 0 saturated carbocycles. The molecule has 2 N–H and O–H groups in total. The number of hydrazone groups is 1. The van der Waals surface area contributed by atoms with E-state index in [0.717, 1.165) is 11.3 Å². The Balaban J connectivity index is 1.76. The van der Waals surface area contributed by atoms with E-state index in [1.54, 1.807) is 12.3 Å². The summed E-state index contributed by atoms with van der Waals surface area (Å²) in [5, 5.41) is 17.0. The summed E-state index contributed by atoms with van der Waals surface area (Å²) >= 11 is 10.9. The lowest BCUT2D eigenvalue weighted by Crippen LogP contribution is -1.96. The van der Waals surface area contributed by atoms with Crippen LogP contribution in [0.15, 0.2) is 51.4 Å². The summed E-state index contributed by atoms with van der Waals surface area (Å²) in [6.45, 7) is 2.25. The van der Waals surface area contributed by atoms with Gasteiger partial charge in [-0.3, -0.25) is 5.43 Å². The zero-order valence-electron chi connectivity index (χ0n) is 13.7. The second-order valence-corrected chi connectivity index (χ2v) is 7.18. The van der Waals surface area contributed by atoms with Gasteiger partial charge in [-0.25, -0.2) is 4.98 Å². The van der Waals surface area contributed by atoms with Gasteiger partial charge in [0, 0.05) is 21.0 Å². The number of nitrogens with one attached hydrogen (secondary N) is 1. The topological polar surface area (TPSA) is 66.7 Å². The second-order valence-electron chi connectivity index (χ2n) is 5.15. The number of ether oxygens (including phenoxy) is 1. The van der Waals surface area contributed by atoms with E-state index in [1.165, 1.54) is 11.3 Å². The van der Waals surface area contributed by atoms with Crippen LogP contribution in [0, 0.1) is 0 Å². The van der Waals surface area contributed by atoms with Crippen LogP contribution in [0.5, 0.6) is 11.5 Å². The number of benzene rings is 2. The Labute approximate surface area is 168 Å². The van der Waals surface area contributed by atoms with Crippen molar-refractivity contribution in [3.05, 3.63) is 56.8 Å². The number of aromatic hydroxyl groups is 1. The van der Waals surface area contributed by atoms with Crippen molar-refractivity contribution in [1.82, 2.24) is 4.98 Å². The monoisotopic (exact) mass is 451 g/mol.